The minimum Gasteiger partial charge on any atom is -0.303 e. The molecule has 1 N–H and O–H groups in total. The van der Waals surface area contributed by atoms with E-state index in [-0.39, 0.29) is 4.90 Å². The lowest BCUT2D eigenvalue weighted by molar-refractivity contribution is 0.334. The summed E-state index contributed by atoms with van der Waals surface area (Å²) in [6, 6.07) is 6.69. The van der Waals surface area contributed by atoms with Crippen molar-refractivity contribution in [2.24, 2.45) is 0 Å². The highest BCUT2D eigenvalue weighted by Gasteiger charge is 2.17. The van der Waals surface area contributed by atoms with Gasteiger partial charge in [-0.2, -0.15) is 5.26 Å². The van der Waals surface area contributed by atoms with Crippen molar-refractivity contribution in [3.8, 4) is 6.07 Å². The van der Waals surface area contributed by atoms with Crippen LogP contribution in [0, 0.1) is 18.3 Å². The van der Waals surface area contributed by atoms with Gasteiger partial charge in [0, 0.05) is 6.54 Å². The van der Waals surface area contributed by atoms with Crippen molar-refractivity contribution in [2.75, 3.05) is 26.2 Å². The number of aryl methyl sites for hydroxylation is 1. The van der Waals surface area contributed by atoms with E-state index in [4.69, 9.17) is 5.26 Å². The van der Waals surface area contributed by atoms with Gasteiger partial charge in [-0.05, 0) is 63.5 Å². The Bertz CT molecular complexity index is 629. The van der Waals surface area contributed by atoms with Crippen molar-refractivity contribution >= 4 is 10.0 Å². The molecule has 0 unspecified atom stereocenters. The van der Waals surface area contributed by atoms with Gasteiger partial charge in [-0.1, -0.05) is 6.07 Å². The Hall–Kier alpha value is -1.42. The van der Waals surface area contributed by atoms with Crippen LogP contribution >= 0.6 is 0 Å². The predicted molar refractivity (Wildman–Crippen MR) is 81.4 cm³/mol. The first-order valence-electron chi connectivity index (χ1n) is 7.26. The number of sulfonamides is 1. The Morgan fingerprint density at radius 3 is 2.71 bits per heavy atom. The summed E-state index contributed by atoms with van der Waals surface area (Å²) in [5.41, 5.74) is 1.01. The molecular weight excluding hydrogens is 286 g/mol. The SMILES string of the molecule is Cc1ccc(C#N)cc1S(=O)(=O)NCCCN1CCCC1. The number of nitriles is 1. The van der Waals surface area contributed by atoms with Crippen molar-refractivity contribution in [3.63, 3.8) is 0 Å². The molecule has 1 aliphatic rings. The molecule has 2 rings (SSSR count). The van der Waals surface area contributed by atoms with Crippen LogP contribution in [-0.2, 0) is 10.0 Å². The van der Waals surface area contributed by atoms with Gasteiger partial charge in [0.05, 0.1) is 16.5 Å². The van der Waals surface area contributed by atoms with Crippen LogP contribution in [0.25, 0.3) is 0 Å². The summed E-state index contributed by atoms with van der Waals surface area (Å²) in [7, 11) is -3.54. The van der Waals surface area contributed by atoms with E-state index >= 15 is 0 Å². The Balaban J connectivity index is 1.93. The number of rotatable bonds is 6. The summed E-state index contributed by atoms with van der Waals surface area (Å²) in [5.74, 6) is 0. The Labute approximate surface area is 126 Å². The molecule has 0 amide bonds. The Morgan fingerprint density at radius 1 is 1.33 bits per heavy atom. The zero-order valence-electron chi connectivity index (χ0n) is 12.3. The van der Waals surface area contributed by atoms with Crippen LogP contribution in [0.3, 0.4) is 0 Å². The number of nitrogens with zero attached hydrogens (tertiary/aromatic N) is 2. The summed E-state index contributed by atoms with van der Waals surface area (Å²) in [6.07, 6.45) is 3.29. The number of hydrogen-bond acceptors (Lipinski definition) is 4. The zero-order chi connectivity index (χ0) is 15.3. The highest BCUT2D eigenvalue weighted by atomic mass is 32.2. The fourth-order valence-electron chi connectivity index (χ4n) is 2.55. The Morgan fingerprint density at radius 2 is 2.05 bits per heavy atom. The topological polar surface area (TPSA) is 73.2 Å². The maximum absolute atomic E-state index is 12.3. The molecule has 0 aromatic heterocycles. The van der Waals surface area contributed by atoms with E-state index in [0.29, 0.717) is 17.7 Å². The molecular formula is C15H21N3O2S. The number of benzene rings is 1. The second-order valence-corrected chi connectivity index (χ2v) is 7.13. The van der Waals surface area contributed by atoms with E-state index in [1.807, 2.05) is 6.07 Å². The smallest absolute Gasteiger partial charge is 0.240 e. The van der Waals surface area contributed by atoms with E-state index in [2.05, 4.69) is 9.62 Å². The van der Waals surface area contributed by atoms with Crippen molar-refractivity contribution in [1.82, 2.24) is 9.62 Å². The second kappa shape index (κ2) is 7.03. The second-order valence-electron chi connectivity index (χ2n) is 5.39. The van der Waals surface area contributed by atoms with Crippen LogP contribution in [0.5, 0.6) is 0 Å². The quantitative estimate of drug-likeness (QED) is 0.811. The lowest BCUT2D eigenvalue weighted by Crippen LogP contribution is -2.29. The molecule has 1 heterocycles. The Kier molecular flexibility index (Phi) is 5.34. The molecule has 1 aromatic carbocycles. The summed E-state index contributed by atoms with van der Waals surface area (Å²) in [6.45, 7) is 5.33. The standard InChI is InChI=1S/C15H21N3O2S/c1-13-5-6-14(12-16)11-15(13)21(19,20)17-7-4-10-18-8-2-3-9-18/h5-6,11,17H,2-4,7-10H2,1H3. The minimum atomic E-state index is -3.54. The molecule has 0 atom stereocenters. The molecule has 0 bridgehead atoms. The van der Waals surface area contributed by atoms with Crippen molar-refractivity contribution in [2.45, 2.75) is 31.1 Å². The number of likely N-dealkylation sites (tertiary alicyclic amines) is 1. The van der Waals surface area contributed by atoms with Crippen molar-refractivity contribution in [1.29, 1.82) is 5.26 Å². The van der Waals surface area contributed by atoms with Gasteiger partial charge in [-0.15, -0.1) is 0 Å². The lowest BCUT2D eigenvalue weighted by Gasteiger charge is -2.14. The van der Waals surface area contributed by atoms with Gasteiger partial charge < -0.3 is 4.90 Å². The molecule has 5 nitrogen and oxygen atoms in total. The maximum atomic E-state index is 12.3. The first kappa shape index (κ1) is 16.0. The molecule has 1 aromatic rings. The third kappa shape index (κ3) is 4.27. The van der Waals surface area contributed by atoms with E-state index < -0.39 is 10.0 Å². The molecule has 0 aliphatic carbocycles. The predicted octanol–water partition coefficient (Wildman–Crippen LogP) is 1.63. The first-order chi connectivity index (χ1) is 10.0. The van der Waals surface area contributed by atoms with Crippen molar-refractivity contribution < 1.29 is 8.42 Å². The average molecular weight is 307 g/mol. The monoisotopic (exact) mass is 307 g/mol. The van der Waals surface area contributed by atoms with E-state index in [1.165, 1.54) is 18.9 Å². The largest absolute Gasteiger partial charge is 0.303 e. The van der Waals surface area contributed by atoms with Gasteiger partial charge in [0.15, 0.2) is 0 Å². The molecule has 21 heavy (non-hydrogen) atoms. The molecule has 0 spiro atoms. The summed E-state index contributed by atoms with van der Waals surface area (Å²) in [5, 5.41) is 8.88. The van der Waals surface area contributed by atoms with Gasteiger partial charge in [-0.25, -0.2) is 13.1 Å². The number of hydrogen-bond donors (Lipinski definition) is 1. The summed E-state index contributed by atoms with van der Waals surface area (Å²) < 4.78 is 27.2. The fraction of sp³-hybridized carbons (Fsp3) is 0.533. The van der Waals surface area contributed by atoms with Crippen LogP contribution < -0.4 is 4.72 Å². The summed E-state index contributed by atoms with van der Waals surface area (Å²) >= 11 is 0. The van der Waals surface area contributed by atoms with Crippen molar-refractivity contribution in [3.05, 3.63) is 29.3 Å². The van der Waals surface area contributed by atoms with E-state index in [9.17, 15) is 8.42 Å². The third-order valence-electron chi connectivity index (χ3n) is 3.75. The van der Waals surface area contributed by atoms with E-state index in [0.717, 1.165) is 26.1 Å². The first-order valence-corrected chi connectivity index (χ1v) is 8.74. The molecule has 1 saturated heterocycles. The van der Waals surface area contributed by atoms with Crippen LogP contribution in [0.1, 0.15) is 30.4 Å². The molecule has 114 valence electrons. The molecule has 1 aliphatic heterocycles. The minimum absolute atomic E-state index is 0.197. The van der Waals surface area contributed by atoms with E-state index in [1.54, 1.807) is 19.1 Å². The fourth-order valence-corrected chi connectivity index (χ4v) is 3.89. The molecule has 1 fully saturated rings. The van der Waals surface area contributed by atoms with Gasteiger partial charge >= 0.3 is 0 Å². The maximum Gasteiger partial charge on any atom is 0.240 e. The van der Waals surface area contributed by atoms with Gasteiger partial charge in [0.25, 0.3) is 0 Å². The number of nitrogens with one attached hydrogen (secondary N) is 1. The highest BCUT2D eigenvalue weighted by molar-refractivity contribution is 7.89. The summed E-state index contributed by atoms with van der Waals surface area (Å²) in [4.78, 5) is 2.55. The third-order valence-corrected chi connectivity index (χ3v) is 5.35. The molecule has 6 heteroatoms. The molecule has 0 radical (unpaired) electrons. The normalized spacial score (nSPS) is 16.0. The average Bonchev–Trinajstić information content (AvgIpc) is 2.97. The lowest BCUT2D eigenvalue weighted by atomic mass is 10.2. The highest BCUT2D eigenvalue weighted by Crippen LogP contribution is 2.16. The van der Waals surface area contributed by atoms with Gasteiger partial charge in [0.2, 0.25) is 10.0 Å². The van der Waals surface area contributed by atoms with Crippen LogP contribution in [0.15, 0.2) is 23.1 Å². The molecule has 0 saturated carbocycles. The van der Waals surface area contributed by atoms with Crippen LogP contribution in [0.2, 0.25) is 0 Å². The van der Waals surface area contributed by atoms with Crippen LogP contribution in [0.4, 0.5) is 0 Å². The van der Waals surface area contributed by atoms with Gasteiger partial charge in [0.1, 0.15) is 0 Å². The zero-order valence-corrected chi connectivity index (χ0v) is 13.1. The van der Waals surface area contributed by atoms with Crippen LogP contribution in [-0.4, -0.2) is 39.5 Å². The van der Waals surface area contributed by atoms with Gasteiger partial charge in [-0.3, -0.25) is 0 Å².